The highest BCUT2D eigenvalue weighted by atomic mass is 35.5. The number of aryl methyl sites for hydroxylation is 1. The predicted molar refractivity (Wildman–Crippen MR) is 171 cm³/mol. The van der Waals surface area contributed by atoms with Crippen LogP contribution in [-0.2, 0) is 37.4 Å². The minimum Gasteiger partial charge on any atom is -0.495 e. The van der Waals surface area contributed by atoms with E-state index in [-0.39, 0.29) is 34.9 Å². The molecule has 0 unspecified atom stereocenters. The van der Waals surface area contributed by atoms with Gasteiger partial charge < -0.3 is 13.9 Å². The third-order valence-corrected chi connectivity index (χ3v) is 9.45. The second-order valence-corrected chi connectivity index (χ2v) is 12.7. The van der Waals surface area contributed by atoms with Crippen molar-refractivity contribution in [1.29, 1.82) is 0 Å². The van der Waals surface area contributed by atoms with Crippen molar-refractivity contribution in [1.82, 2.24) is 4.31 Å². The molecule has 0 radical (unpaired) electrons. The number of carbonyl (C=O) groups excluding carboxylic acids is 2. The lowest BCUT2D eigenvalue weighted by Gasteiger charge is -2.21. The summed E-state index contributed by atoms with van der Waals surface area (Å²) in [7, 11) is -1.18. The van der Waals surface area contributed by atoms with Gasteiger partial charge in [-0.05, 0) is 68.0 Å². The maximum absolute atomic E-state index is 13.8. The van der Waals surface area contributed by atoms with E-state index in [1.807, 2.05) is 37.3 Å². The molecule has 1 aliphatic heterocycles. The molecule has 0 aliphatic carbocycles. The summed E-state index contributed by atoms with van der Waals surface area (Å²) in [6.07, 6.45) is 1.45. The number of rotatable bonds is 10. The number of methoxy groups -OCH3 is 2. The zero-order valence-electron chi connectivity index (χ0n) is 25.1. The molecular formula is C34H31ClN2O7S. The lowest BCUT2D eigenvalue weighted by atomic mass is 10.1. The lowest BCUT2D eigenvalue weighted by Crippen LogP contribution is -2.30. The Labute approximate surface area is 267 Å². The highest BCUT2D eigenvalue weighted by Crippen LogP contribution is 2.38. The van der Waals surface area contributed by atoms with Crippen LogP contribution >= 0.6 is 11.6 Å². The molecule has 4 aromatic rings. The number of allylic oxidation sites excluding steroid dienone is 1. The third kappa shape index (κ3) is 6.58. The van der Waals surface area contributed by atoms with Crippen molar-refractivity contribution >= 4 is 45.3 Å². The first kappa shape index (κ1) is 31.8. The number of amides is 1. The number of halogens is 1. The van der Waals surface area contributed by atoms with Crippen LogP contribution in [0.2, 0.25) is 5.02 Å². The van der Waals surface area contributed by atoms with E-state index in [2.05, 4.69) is 0 Å². The number of hydrogen-bond donors (Lipinski definition) is 0. The molecule has 3 aromatic carbocycles. The van der Waals surface area contributed by atoms with Gasteiger partial charge in [-0.2, -0.15) is 4.31 Å². The van der Waals surface area contributed by atoms with Crippen molar-refractivity contribution in [2.24, 2.45) is 0 Å². The smallest absolute Gasteiger partial charge is 0.340 e. The largest absolute Gasteiger partial charge is 0.495 e. The number of anilines is 1. The maximum Gasteiger partial charge on any atom is 0.340 e. The number of furan rings is 1. The van der Waals surface area contributed by atoms with Gasteiger partial charge in [-0.1, -0.05) is 59.6 Å². The fourth-order valence-electron chi connectivity index (χ4n) is 5.03. The predicted octanol–water partition coefficient (Wildman–Crippen LogP) is 6.52. The fourth-order valence-corrected chi connectivity index (χ4v) is 6.68. The summed E-state index contributed by atoms with van der Waals surface area (Å²) in [6.45, 7) is 3.56. The lowest BCUT2D eigenvalue weighted by molar-refractivity contribution is -0.136. The van der Waals surface area contributed by atoms with E-state index in [1.165, 1.54) is 29.5 Å². The van der Waals surface area contributed by atoms with Gasteiger partial charge >= 0.3 is 5.97 Å². The zero-order valence-corrected chi connectivity index (χ0v) is 26.7. The quantitative estimate of drug-likeness (QED) is 0.143. The van der Waals surface area contributed by atoms with E-state index in [0.717, 1.165) is 11.1 Å². The first-order chi connectivity index (χ1) is 21.5. The summed E-state index contributed by atoms with van der Waals surface area (Å²) in [5.41, 5.74) is 2.66. The van der Waals surface area contributed by atoms with Crippen molar-refractivity contribution in [3.8, 4) is 5.75 Å². The van der Waals surface area contributed by atoms with Crippen LogP contribution in [0, 0.1) is 6.92 Å². The van der Waals surface area contributed by atoms with E-state index in [4.69, 9.17) is 25.5 Å². The summed E-state index contributed by atoms with van der Waals surface area (Å²) >= 11 is 6.32. The monoisotopic (exact) mass is 646 g/mol. The molecular weight excluding hydrogens is 616 g/mol. The summed E-state index contributed by atoms with van der Waals surface area (Å²) < 4.78 is 45.1. The molecule has 5 rings (SSSR count). The Morgan fingerprint density at radius 1 is 0.956 bits per heavy atom. The number of sulfonamides is 1. The van der Waals surface area contributed by atoms with Crippen molar-refractivity contribution in [2.45, 2.75) is 31.8 Å². The van der Waals surface area contributed by atoms with E-state index in [9.17, 15) is 18.0 Å². The summed E-state index contributed by atoms with van der Waals surface area (Å²) in [6, 6.07) is 24.0. The van der Waals surface area contributed by atoms with E-state index in [1.54, 1.807) is 61.5 Å². The molecule has 0 saturated carbocycles. The highest BCUT2D eigenvalue weighted by Gasteiger charge is 2.38. The number of carbonyl (C=O) groups is 2. The summed E-state index contributed by atoms with van der Waals surface area (Å²) in [4.78, 5) is 28.1. The Morgan fingerprint density at radius 2 is 1.67 bits per heavy atom. The second kappa shape index (κ2) is 13.2. The average molecular weight is 647 g/mol. The molecule has 0 N–H and O–H groups in total. The standard InChI is InChI=1S/C34H31ClN2O7S/c1-22-10-15-28(16-11-22)45(40,41)36(20-24-8-6-5-7-9-24)21-27-14-13-26(44-27)19-29-32(34(39)43-4)23(2)37(33(29)38)25-12-17-31(42-3)30(35)18-25/h5-19H,20-21H2,1-4H3/b29-19+. The van der Waals surface area contributed by atoms with Gasteiger partial charge in [0.15, 0.2) is 0 Å². The number of benzene rings is 3. The first-order valence-corrected chi connectivity index (χ1v) is 15.7. The zero-order chi connectivity index (χ0) is 32.3. The molecule has 11 heteroatoms. The molecule has 9 nitrogen and oxygen atoms in total. The molecule has 232 valence electrons. The Kier molecular flexibility index (Phi) is 9.29. The van der Waals surface area contributed by atoms with E-state index < -0.39 is 21.9 Å². The summed E-state index contributed by atoms with van der Waals surface area (Å²) in [5.74, 6) is -0.145. The van der Waals surface area contributed by atoms with Gasteiger partial charge in [-0.15, -0.1) is 0 Å². The van der Waals surface area contributed by atoms with E-state index in [0.29, 0.717) is 27.9 Å². The SMILES string of the molecule is COC(=O)C1=C(C)N(c2ccc(OC)c(Cl)c2)C(=O)/C1=C/c1ccc(CN(Cc2ccccc2)S(=O)(=O)c2ccc(C)cc2)o1. The van der Waals surface area contributed by atoms with Crippen LogP contribution in [0.3, 0.4) is 0 Å². The Balaban J connectivity index is 1.48. The number of nitrogens with zero attached hydrogens (tertiary/aromatic N) is 2. The highest BCUT2D eigenvalue weighted by molar-refractivity contribution is 7.89. The first-order valence-electron chi connectivity index (χ1n) is 13.9. The van der Waals surface area contributed by atoms with Gasteiger partial charge in [0, 0.05) is 12.2 Å². The van der Waals surface area contributed by atoms with Crippen LogP contribution in [0.1, 0.15) is 29.6 Å². The number of hydrogen-bond acceptors (Lipinski definition) is 7. The summed E-state index contributed by atoms with van der Waals surface area (Å²) in [5, 5.41) is 0.295. The van der Waals surface area contributed by atoms with Crippen LogP contribution in [0.25, 0.3) is 6.08 Å². The van der Waals surface area contributed by atoms with E-state index >= 15 is 0 Å². The molecule has 0 spiro atoms. The van der Waals surface area contributed by atoms with Gasteiger partial charge in [0.2, 0.25) is 10.0 Å². The van der Waals surface area contributed by atoms with Crippen molar-refractivity contribution in [3.63, 3.8) is 0 Å². The minimum absolute atomic E-state index is 0.0561. The molecule has 0 bridgehead atoms. The molecule has 0 fully saturated rings. The molecule has 45 heavy (non-hydrogen) atoms. The Morgan fingerprint density at radius 3 is 2.31 bits per heavy atom. The van der Waals surface area contributed by atoms with Gasteiger partial charge in [0.1, 0.15) is 17.3 Å². The van der Waals surface area contributed by atoms with Gasteiger partial charge in [-0.25, -0.2) is 13.2 Å². The number of esters is 1. The average Bonchev–Trinajstić information content (AvgIpc) is 3.57. The van der Waals surface area contributed by atoms with Crippen LogP contribution in [0.5, 0.6) is 5.75 Å². The molecule has 1 aromatic heterocycles. The fraction of sp³-hybridized carbons (Fsp3) is 0.176. The van der Waals surface area contributed by atoms with Crippen LogP contribution in [0.15, 0.2) is 111 Å². The molecule has 1 aliphatic rings. The van der Waals surface area contributed by atoms with Gasteiger partial charge in [-0.3, -0.25) is 9.69 Å². The second-order valence-electron chi connectivity index (χ2n) is 10.3. The Bertz CT molecular complexity index is 1910. The van der Waals surface area contributed by atoms with Crippen LogP contribution in [0.4, 0.5) is 5.69 Å². The van der Waals surface area contributed by atoms with Crippen LogP contribution < -0.4 is 9.64 Å². The molecule has 1 amide bonds. The molecule has 2 heterocycles. The van der Waals surface area contributed by atoms with Crippen molar-refractivity contribution in [3.05, 3.63) is 129 Å². The number of ether oxygens (including phenoxy) is 2. The third-order valence-electron chi connectivity index (χ3n) is 7.34. The topological polar surface area (TPSA) is 106 Å². The Hall–Kier alpha value is -4.64. The normalized spacial score (nSPS) is 14.5. The minimum atomic E-state index is -3.90. The molecule has 0 saturated heterocycles. The van der Waals surface area contributed by atoms with Crippen molar-refractivity contribution < 1.29 is 31.9 Å². The van der Waals surface area contributed by atoms with Gasteiger partial charge in [0.05, 0.1) is 47.5 Å². The van der Waals surface area contributed by atoms with Crippen molar-refractivity contribution in [2.75, 3.05) is 19.1 Å². The van der Waals surface area contributed by atoms with Crippen LogP contribution in [-0.4, -0.2) is 38.8 Å². The van der Waals surface area contributed by atoms with Gasteiger partial charge in [0.25, 0.3) is 5.91 Å². The maximum atomic E-state index is 13.8. The molecule has 0 atom stereocenters.